The molecule has 0 aromatic rings. The fourth-order valence-corrected chi connectivity index (χ4v) is 1.98. The van der Waals surface area contributed by atoms with Gasteiger partial charge < -0.3 is 10.5 Å². The lowest BCUT2D eigenvalue weighted by Crippen LogP contribution is -2.29. The van der Waals surface area contributed by atoms with Crippen LogP contribution in [0.1, 0.15) is 12.8 Å². The molecule has 0 spiro atoms. The van der Waals surface area contributed by atoms with Gasteiger partial charge in [-0.2, -0.15) is 0 Å². The van der Waals surface area contributed by atoms with Crippen LogP contribution in [0, 0.1) is 17.8 Å². The Labute approximate surface area is 54.4 Å². The molecule has 0 saturated heterocycles. The van der Waals surface area contributed by atoms with Crippen molar-refractivity contribution in [2.24, 2.45) is 23.5 Å². The average Bonchev–Trinajstić information content (AvgIpc) is 2.55. The van der Waals surface area contributed by atoms with Crippen LogP contribution in [0.15, 0.2) is 0 Å². The average molecular weight is 125 g/mol. The molecule has 0 aliphatic heterocycles. The van der Waals surface area contributed by atoms with Crippen LogP contribution in [-0.2, 0) is 4.79 Å². The lowest BCUT2D eigenvalue weighted by atomic mass is 10.0. The minimum atomic E-state index is 0.189. The van der Waals surface area contributed by atoms with Gasteiger partial charge in [0.25, 0.3) is 0 Å². The summed E-state index contributed by atoms with van der Waals surface area (Å²) in [5.41, 5.74) is 5.74. The van der Waals surface area contributed by atoms with Gasteiger partial charge in [-0.15, -0.1) is 0 Å². The van der Waals surface area contributed by atoms with E-state index in [1.807, 2.05) is 0 Å². The van der Waals surface area contributed by atoms with Gasteiger partial charge in [0.2, 0.25) is 0 Å². The zero-order valence-corrected chi connectivity index (χ0v) is 5.29. The Hall–Kier alpha value is -0.370. The van der Waals surface area contributed by atoms with Crippen molar-refractivity contribution in [2.45, 2.75) is 18.9 Å². The van der Waals surface area contributed by atoms with Gasteiger partial charge in [0.15, 0.2) is 0 Å². The molecule has 2 aliphatic rings. The van der Waals surface area contributed by atoms with E-state index in [-0.39, 0.29) is 12.0 Å². The molecular formula is C7H11NO. The number of fused-ring (bicyclic) bond motifs is 1. The predicted octanol–water partition coefficient (Wildman–Crippen LogP) is 0.169. The minimum absolute atomic E-state index is 0.189. The summed E-state index contributed by atoms with van der Waals surface area (Å²) in [4.78, 5) is 10.3. The zero-order valence-electron chi connectivity index (χ0n) is 5.29. The Bertz CT molecular complexity index is 146. The Morgan fingerprint density at radius 1 is 1.44 bits per heavy atom. The maximum atomic E-state index is 10.3. The quantitative estimate of drug-likeness (QED) is 0.507. The summed E-state index contributed by atoms with van der Waals surface area (Å²) in [5.74, 6) is 1.71. The van der Waals surface area contributed by atoms with Crippen molar-refractivity contribution in [1.82, 2.24) is 0 Å². The number of hydrogen-bond donors (Lipinski definition) is 1. The highest BCUT2D eigenvalue weighted by Gasteiger charge is 2.51. The molecule has 9 heavy (non-hydrogen) atoms. The Morgan fingerprint density at radius 2 is 2.22 bits per heavy atom. The minimum Gasteiger partial charge on any atom is -0.327 e. The third-order valence-corrected chi connectivity index (χ3v) is 2.72. The first-order valence-electron chi connectivity index (χ1n) is 3.54. The largest absolute Gasteiger partial charge is 0.327 e. The number of nitrogens with two attached hydrogens (primary N) is 1. The van der Waals surface area contributed by atoms with Gasteiger partial charge in [0.05, 0.1) is 0 Å². The van der Waals surface area contributed by atoms with Gasteiger partial charge in [0, 0.05) is 12.0 Å². The molecule has 2 rings (SSSR count). The van der Waals surface area contributed by atoms with Crippen LogP contribution in [0.5, 0.6) is 0 Å². The molecule has 2 fully saturated rings. The monoisotopic (exact) mass is 125 g/mol. The zero-order chi connectivity index (χ0) is 6.43. The van der Waals surface area contributed by atoms with Crippen molar-refractivity contribution in [3.8, 4) is 0 Å². The molecule has 0 bridgehead atoms. The maximum absolute atomic E-state index is 10.3. The van der Waals surface area contributed by atoms with Crippen LogP contribution in [-0.4, -0.2) is 12.3 Å². The van der Waals surface area contributed by atoms with Crippen LogP contribution in [0.3, 0.4) is 0 Å². The summed E-state index contributed by atoms with van der Waals surface area (Å²) >= 11 is 0. The van der Waals surface area contributed by atoms with Gasteiger partial charge in [-0.1, -0.05) is 0 Å². The van der Waals surface area contributed by atoms with Crippen molar-refractivity contribution >= 4 is 6.29 Å². The number of hydrogen-bond acceptors (Lipinski definition) is 2. The van der Waals surface area contributed by atoms with E-state index in [0.717, 1.165) is 18.6 Å². The van der Waals surface area contributed by atoms with Gasteiger partial charge in [0.1, 0.15) is 6.29 Å². The number of carbonyl (C=O) groups is 1. The van der Waals surface area contributed by atoms with Crippen molar-refractivity contribution in [3.63, 3.8) is 0 Å². The second-order valence-electron chi connectivity index (χ2n) is 3.27. The number of carbonyl (C=O) groups excluding carboxylic acids is 1. The molecule has 0 radical (unpaired) electrons. The molecule has 50 valence electrons. The smallest absolute Gasteiger partial charge is 0.124 e. The maximum Gasteiger partial charge on any atom is 0.124 e. The predicted molar refractivity (Wildman–Crippen MR) is 33.7 cm³/mol. The summed E-state index contributed by atoms with van der Waals surface area (Å²) in [5, 5.41) is 0. The standard InChI is InChI=1S/C7H11NO/c8-7-5(3-9)1-4-2-6(4)7/h3-7H,1-2,8H2/t4-,5-,6+,7+/m1/s1. The van der Waals surface area contributed by atoms with Crippen molar-refractivity contribution in [1.29, 1.82) is 0 Å². The molecule has 0 aromatic heterocycles. The molecule has 0 heterocycles. The first kappa shape index (κ1) is 5.42. The molecule has 2 aliphatic carbocycles. The van der Waals surface area contributed by atoms with Crippen molar-refractivity contribution in [2.75, 3.05) is 0 Å². The molecule has 2 nitrogen and oxygen atoms in total. The fraction of sp³-hybridized carbons (Fsp3) is 0.857. The Morgan fingerprint density at radius 3 is 2.56 bits per heavy atom. The van der Waals surface area contributed by atoms with Crippen LogP contribution in [0.2, 0.25) is 0 Å². The van der Waals surface area contributed by atoms with E-state index in [1.165, 1.54) is 6.42 Å². The van der Waals surface area contributed by atoms with Crippen molar-refractivity contribution in [3.05, 3.63) is 0 Å². The lowest BCUT2D eigenvalue weighted by molar-refractivity contribution is -0.111. The van der Waals surface area contributed by atoms with E-state index in [1.54, 1.807) is 0 Å². The molecule has 2 saturated carbocycles. The highest BCUT2D eigenvalue weighted by Crippen LogP contribution is 2.52. The first-order valence-corrected chi connectivity index (χ1v) is 3.54. The fourth-order valence-electron chi connectivity index (χ4n) is 1.98. The summed E-state index contributed by atoms with van der Waals surface area (Å²) in [6, 6.07) is 0.201. The van der Waals surface area contributed by atoms with E-state index in [4.69, 9.17) is 5.73 Å². The summed E-state index contributed by atoms with van der Waals surface area (Å²) in [7, 11) is 0. The van der Waals surface area contributed by atoms with Gasteiger partial charge in [-0.3, -0.25) is 0 Å². The highest BCUT2D eigenvalue weighted by molar-refractivity contribution is 5.56. The Balaban J connectivity index is 2.07. The SMILES string of the molecule is N[C@@H]1[C@H]2C[C@H]2C[C@@H]1C=O. The van der Waals surface area contributed by atoms with Gasteiger partial charge in [-0.25, -0.2) is 0 Å². The molecular weight excluding hydrogens is 114 g/mol. The third kappa shape index (κ3) is 0.628. The summed E-state index contributed by atoms with van der Waals surface area (Å²) in [6.45, 7) is 0. The third-order valence-electron chi connectivity index (χ3n) is 2.72. The van der Waals surface area contributed by atoms with Crippen LogP contribution in [0.25, 0.3) is 0 Å². The van der Waals surface area contributed by atoms with E-state index >= 15 is 0 Å². The molecule has 2 N–H and O–H groups in total. The second kappa shape index (κ2) is 1.57. The highest BCUT2D eigenvalue weighted by atomic mass is 16.1. The molecule has 0 unspecified atom stereocenters. The molecule has 4 atom stereocenters. The van der Waals surface area contributed by atoms with Gasteiger partial charge >= 0.3 is 0 Å². The second-order valence-corrected chi connectivity index (χ2v) is 3.27. The summed E-state index contributed by atoms with van der Waals surface area (Å²) < 4.78 is 0. The van der Waals surface area contributed by atoms with Crippen LogP contribution >= 0.6 is 0 Å². The Kier molecular flexibility index (Phi) is 0.943. The van der Waals surface area contributed by atoms with E-state index in [0.29, 0.717) is 5.92 Å². The lowest BCUT2D eigenvalue weighted by Gasteiger charge is -2.09. The van der Waals surface area contributed by atoms with E-state index < -0.39 is 0 Å². The number of rotatable bonds is 1. The van der Waals surface area contributed by atoms with Crippen molar-refractivity contribution < 1.29 is 4.79 Å². The summed E-state index contributed by atoms with van der Waals surface area (Å²) in [6.07, 6.45) is 3.37. The first-order chi connectivity index (χ1) is 4.33. The number of aldehydes is 1. The van der Waals surface area contributed by atoms with Crippen LogP contribution in [0.4, 0.5) is 0 Å². The normalized spacial score (nSPS) is 54.8. The van der Waals surface area contributed by atoms with Crippen LogP contribution < -0.4 is 5.73 Å². The molecule has 0 amide bonds. The van der Waals surface area contributed by atoms with Gasteiger partial charge in [-0.05, 0) is 24.7 Å². The van der Waals surface area contributed by atoms with E-state index in [2.05, 4.69) is 0 Å². The molecule has 0 aromatic carbocycles. The van der Waals surface area contributed by atoms with E-state index in [9.17, 15) is 4.79 Å². The topological polar surface area (TPSA) is 43.1 Å². The molecule has 2 heteroatoms.